The van der Waals surface area contributed by atoms with Crippen LogP contribution in [0.5, 0.6) is 0 Å². The molecule has 0 radical (unpaired) electrons. The Morgan fingerprint density at radius 3 is 2.64 bits per heavy atom. The monoisotopic (exact) mass is 305 g/mol. The van der Waals surface area contributed by atoms with E-state index in [1.165, 1.54) is 51.4 Å². The Labute approximate surface area is 135 Å². The van der Waals surface area contributed by atoms with E-state index in [0.29, 0.717) is 6.04 Å². The maximum atomic E-state index is 2.50. The smallest absolute Gasteiger partial charge is 0.163 e. The first-order chi connectivity index (χ1) is 10.7. The predicted octanol–water partition coefficient (Wildman–Crippen LogP) is -1.94. The topological polar surface area (TPSA) is 28.7 Å². The fourth-order valence-corrected chi connectivity index (χ4v) is 4.18. The number of fused-ring (bicyclic) bond motifs is 1. The molecule has 1 fully saturated rings. The van der Waals surface area contributed by atoms with E-state index in [1.54, 1.807) is 11.1 Å². The van der Waals surface area contributed by atoms with Crippen LogP contribution in [0.2, 0.25) is 0 Å². The highest BCUT2D eigenvalue weighted by atomic mass is 15.3. The van der Waals surface area contributed by atoms with E-state index >= 15 is 0 Å². The molecule has 0 unspecified atom stereocenters. The highest BCUT2D eigenvalue weighted by Crippen LogP contribution is 2.22. The van der Waals surface area contributed by atoms with Crippen molar-refractivity contribution in [3.63, 3.8) is 0 Å². The van der Waals surface area contributed by atoms with Crippen molar-refractivity contribution in [2.75, 3.05) is 58.3 Å². The van der Waals surface area contributed by atoms with Crippen LogP contribution in [0.1, 0.15) is 30.5 Å². The van der Waals surface area contributed by atoms with E-state index in [-0.39, 0.29) is 0 Å². The van der Waals surface area contributed by atoms with Gasteiger partial charge in [-0.05, 0) is 18.6 Å². The van der Waals surface area contributed by atoms with Crippen LogP contribution in [0.4, 0.5) is 5.69 Å². The summed E-state index contributed by atoms with van der Waals surface area (Å²) < 4.78 is 0. The zero-order valence-corrected chi connectivity index (χ0v) is 14.5. The molecule has 1 aromatic rings. The minimum absolute atomic E-state index is 0.697. The van der Waals surface area contributed by atoms with E-state index in [9.17, 15) is 0 Å². The molecule has 1 aromatic carbocycles. The Hall–Kier alpha value is -1.10. The number of nitrogens with zero attached hydrogens (tertiary/aromatic N) is 1. The minimum atomic E-state index is 0.697. The second-order valence-corrected chi connectivity index (χ2v) is 7.22. The molecule has 4 N–H and O–H groups in total. The highest BCUT2D eigenvalue weighted by Gasteiger charge is 2.35. The summed E-state index contributed by atoms with van der Waals surface area (Å²) in [4.78, 5) is 5.84. The third-order valence-corrected chi connectivity index (χ3v) is 5.48. The van der Waals surface area contributed by atoms with Gasteiger partial charge in [-0.25, -0.2) is 0 Å². The van der Waals surface area contributed by atoms with Crippen molar-refractivity contribution in [1.29, 1.82) is 0 Å². The van der Waals surface area contributed by atoms with Crippen molar-refractivity contribution in [1.82, 2.24) is 0 Å². The molecule has 0 aromatic heterocycles. The van der Waals surface area contributed by atoms with Gasteiger partial charge in [0.1, 0.15) is 39.3 Å². The lowest BCUT2D eigenvalue weighted by Gasteiger charge is -2.36. The van der Waals surface area contributed by atoms with Gasteiger partial charge >= 0.3 is 0 Å². The quantitative estimate of drug-likeness (QED) is 0.594. The first-order valence-corrected chi connectivity index (χ1v) is 8.99. The largest absolute Gasteiger partial charge is 0.378 e. The van der Waals surface area contributed by atoms with Crippen LogP contribution in [0.25, 0.3) is 0 Å². The normalized spacial score (nSPS) is 28.2. The molecule has 4 nitrogen and oxygen atoms in total. The maximum absolute atomic E-state index is 2.50. The predicted molar refractivity (Wildman–Crippen MR) is 90.6 cm³/mol. The average Bonchev–Trinajstić information content (AvgIpc) is 2.55. The van der Waals surface area contributed by atoms with Gasteiger partial charge in [0, 0.05) is 30.9 Å². The molecule has 1 saturated heterocycles. The summed E-state index contributed by atoms with van der Waals surface area (Å²) in [5, 5.41) is 2.50. The molecule has 2 aliphatic rings. The number of nitrogens with one attached hydrogen (secondary N) is 2. The molecule has 2 aliphatic heterocycles. The molecule has 1 atom stereocenters. The van der Waals surface area contributed by atoms with Gasteiger partial charge < -0.3 is 20.0 Å². The van der Waals surface area contributed by atoms with Gasteiger partial charge in [-0.1, -0.05) is 13.0 Å². The second-order valence-electron chi connectivity index (χ2n) is 7.22. The Kier molecular flexibility index (Phi) is 5.01. The number of nitrogens with two attached hydrogens (primary N) is 1. The molecule has 2 heterocycles. The highest BCUT2D eigenvalue weighted by molar-refractivity contribution is 5.50. The molecule has 0 saturated carbocycles. The molecule has 0 spiro atoms. The van der Waals surface area contributed by atoms with Crippen LogP contribution < -0.4 is 20.0 Å². The van der Waals surface area contributed by atoms with E-state index in [4.69, 9.17) is 0 Å². The van der Waals surface area contributed by atoms with Crippen molar-refractivity contribution in [2.45, 2.75) is 25.9 Å². The summed E-state index contributed by atoms with van der Waals surface area (Å²) in [5.74, 6) is 0. The number of hydrogen-bond acceptors (Lipinski definition) is 1. The van der Waals surface area contributed by atoms with Gasteiger partial charge in [0.15, 0.2) is 6.04 Å². The number of rotatable bonds is 4. The van der Waals surface area contributed by atoms with Crippen LogP contribution in [-0.2, 0) is 6.54 Å². The van der Waals surface area contributed by atoms with Crippen molar-refractivity contribution < 1.29 is 15.1 Å². The fraction of sp³-hybridized carbons (Fsp3) is 0.667. The Bertz CT molecular complexity index is 492. The molecular weight excluding hydrogens is 272 g/mol. The number of quaternary nitrogens is 3. The Morgan fingerprint density at radius 2 is 1.95 bits per heavy atom. The summed E-state index contributed by atoms with van der Waals surface area (Å²) in [6.07, 6.45) is 1.32. The summed E-state index contributed by atoms with van der Waals surface area (Å²) in [5.41, 5.74) is 4.50. The number of anilines is 1. The third kappa shape index (κ3) is 3.29. The second kappa shape index (κ2) is 6.99. The zero-order valence-electron chi connectivity index (χ0n) is 14.5. The summed E-state index contributed by atoms with van der Waals surface area (Å²) >= 11 is 0. The molecule has 0 aliphatic carbocycles. The van der Waals surface area contributed by atoms with Crippen LogP contribution in [0.3, 0.4) is 0 Å². The van der Waals surface area contributed by atoms with E-state index in [0.717, 1.165) is 6.54 Å². The third-order valence-electron chi connectivity index (χ3n) is 5.48. The Morgan fingerprint density at radius 1 is 1.18 bits per heavy atom. The SMILES string of the molecule is CCC[NH+]1CC[NH+]([C@H]2C[NH2+]Cc3cc(N(C)C)ccc32)CC1. The van der Waals surface area contributed by atoms with Crippen LogP contribution in [-0.4, -0.2) is 53.4 Å². The molecular formula is C18H33N4+3. The van der Waals surface area contributed by atoms with E-state index in [2.05, 4.69) is 49.4 Å². The van der Waals surface area contributed by atoms with Gasteiger partial charge in [-0.2, -0.15) is 0 Å². The lowest BCUT2D eigenvalue weighted by Crippen LogP contribution is -3.29. The van der Waals surface area contributed by atoms with Crippen LogP contribution >= 0.6 is 0 Å². The van der Waals surface area contributed by atoms with Crippen LogP contribution in [0.15, 0.2) is 18.2 Å². The Balaban J connectivity index is 1.72. The molecule has 122 valence electrons. The lowest BCUT2D eigenvalue weighted by molar-refractivity contribution is -1.03. The minimum Gasteiger partial charge on any atom is -0.378 e. The molecule has 0 bridgehead atoms. The lowest BCUT2D eigenvalue weighted by atomic mass is 9.94. The van der Waals surface area contributed by atoms with Gasteiger partial charge in [0.05, 0.1) is 6.54 Å². The number of piperazine rings is 1. The summed E-state index contributed by atoms with van der Waals surface area (Å²) in [6, 6.07) is 7.80. The van der Waals surface area contributed by atoms with Crippen molar-refractivity contribution >= 4 is 5.69 Å². The summed E-state index contributed by atoms with van der Waals surface area (Å²) in [6.45, 7) is 11.4. The first kappa shape index (κ1) is 15.8. The summed E-state index contributed by atoms with van der Waals surface area (Å²) in [7, 11) is 4.26. The van der Waals surface area contributed by atoms with Crippen molar-refractivity contribution in [2.24, 2.45) is 0 Å². The fourth-order valence-electron chi connectivity index (χ4n) is 4.18. The van der Waals surface area contributed by atoms with E-state index < -0.39 is 0 Å². The van der Waals surface area contributed by atoms with Crippen molar-refractivity contribution in [3.05, 3.63) is 29.3 Å². The number of benzene rings is 1. The zero-order chi connectivity index (χ0) is 15.5. The molecule has 22 heavy (non-hydrogen) atoms. The van der Waals surface area contributed by atoms with Gasteiger partial charge in [0.25, 0.3) is 0 Å². The number of hydrogen-bond donors (Lipinski definition) is 3. The standard InChI is InChI=1S/C18H30N4/c1-4-7-21-8-10-22(11-9-21)18-14-19-13-15-12-16(20(2)3)5-6-17(15)18/h5-6,12,18-19H,4,7-11,13-14H2,1-3H3/p+3/t18-/m0/s1. The molecule has 3 rings (SSSR count). The first-order valence-electron chi connectivity index (χ1n) is 8.99. The van der Waals surface area contributed by atoms with E-state index in [1.807, 2.05) is 9.80 Å². The molecule has 4 heteroatoms. The maximum Gasteiger partial charge on any atom is 0.163 e. The van der Waals surface area contributed by atoms with Gasteiger partial charge in [-0.15, -0.1) is 0 Å². The van der Waals surface area contributed by atoms with Crippen molar-refractivity contribution in [3.8, 4) is 0 Å². The van der Waals surface area contributed by atoms with Gasteiger partial charge in [-0.3, -0.25) is 0 Å². The van der Waals surface area contributed by atoms with Crippen LogP contribution in [0, 0.1) is 0 Å². The average molecular weight is 305 g/mol. The molecule has 0 amide bonds. The van der Waals surface area contributed by atoms with Gasteiger partial charge in [0.2, 0.25) is 0 Å².